The maximum Gasteiger partial charge on any atom is 0.0159 e. The average molecular weight is 507 g/mol. The molecule has 6 aromatic rings. The lowest BCUT2D eigenvalue weighted by atomic mass is 9.78. The number of benzene rings is 6. The molecule has 0 unspecified atom stereocenters. The predicted molar refractivity (Wildman–Crippen MR) is 171 cm³/mol. The summed E-state index contributed by atoms with van der Waals surface area (Å²) in [6.07, 6.45) is 0. The van der Waals surface area contributed by atoms with Gasteiger partial charge in [0.15, 0.2) is 0 Å². The molecule has 194 valence electrons. The maximum atomic E-state index is 2.47. The summed E-state index contributed by atoms with van der Waals surface area (Å²) < 4.78 is 0. The van der Waals surface area contributed by atoms with Gasteiger partial charge in [-0.25, -0.2) is 0 Å². The van der Waals surface area contributed by atoms with E-state index in [0.717, 1.165) is 0 Å². The highest BCUT2D eigenvalue weighted by Gasteiger charge is 2.36. The van der Waals surface area contributed by atoms with E-state index in [1.807, 2.05) is 0 Å². The molecule has 0 nitrogen and oxygen atoms in total. The van der Waals surface area contributed by atoms with Gasteiger partial charge in [0.1, 0.15) is 0 Å². The number of fused-ring (bicyclic) bond motifs is 3. The van der Waals surface area contributed by atoms with E-state index in [4.69, 9.17) is 0 Å². The van der Waals surface area contributed by atoms with E-state index in [9.17, 15) is 0 Å². The van der Waals surface area contributed by atoms with Crippen LogP contribution in [0.25, 0.3) is 54.6 Å². The second-order valence-corrected chi connectivity index (χ2v) is 14.3. The zero-order chi connectivity index (χ0) is 27.5. The molecular weight excluding hydrogens is 468 g/mol. The minimum atomic E-state index is -0.0327. The van der Waals surface area contributed by atoms with Crippen LogP contribution in [0.3, 0.4) is 0 Å². The molecule has 0 aromatic heterocycles. The lowest BCUT2D eigenvalue weighted by Gasteiger charge is -2.25. The van der Waals surface area contributed by atoms with Crippen LogP contribution in [0.5, 0.6) is 0 Å². The van der Waals surface area contributed by atoms with Crippen LogP contribution in [0, 0.1) is 0 Å². The quantitative estimate of drug-likeness (QED) is 0.195. The van der Waals surface area contributed by atoms with Crippen LogP contribution in [0.2, 0.25) is 0 Å². The van der Waals surface area contributed by atoms with Crippen molar-refractivity contribution in [3.63, 3.8) is 0 Å². The molecule has 0 fully saturated rings. The van der Waals surface area contributed by atoms with Crippen LogP contribution in [-0.2, 0) is 16.2 Å². The fourth-order valence-corrected chi connectivity index (χ4v) is 6.88. The SMILES string of the molecule is CC(C)(C)c1ccc2c(c1)C(C)(C)c1cc(-c3ccc4ccc5cc(C(C)(C)C)cc6ccc3c4c56)ccc1-2. The van der Waals surface area contributed by atoms with Crippen LogP contribution >= 0.6 is 0 Å². The fraction of sp³-hybridized carbons (Fsp3) is 0.282. The minimum absolute atomic E-state index is 0.0327. The van der Waals surface area contributed by atoms with Gasteiger partial charge in [0.2, 0.25) is 0 Å². The van der Waals surface area contributed by atoms with E-state index in [0.29, 0.717) is 0 Å². The first kappa shape index (κ1) is 24.4. The molecule has 0 radical (unpaired) electrons. The molecule has 0 spiro atoms. The van der Waals surface area contributed by atoms with Gasteiger partial charge in [0.05, 0.1) is 0 Å². The third-order valence-corrected chi connectivity index (χ3v) is 9.32. The average Bonchev–Trinajstić information content (AvgIpc) is 3.11. The van der Waals surface area contributed by atoms with Crippen LogP contribution in [0.4, 0.5) is 0 Å². The van der Waals surface area contributed by atoms with Crippen molar-refractivity contribution < 1.29 is 0 Å². The van der Waals surface area contributed by atoms with Gasteiger partial charge in [-0.05, 0) is 93.7 Å². The largest absolute Gasteiger partial charge is 0.0579 e. The Bertz CT molecular complexity index is 1910. The Balaban J connectivity index is 1.43. The molecule has 7 rings (SSSR count). The first-order valence-electron chi connectivity index (χ1n) is 14.4. The summed E-state index contributed by atoms with van der Waals surface area (Å²) in [4.78, 5) is 0. The molecule has 0 heterocycles. The molecule has 1 aliphatic carbocycles. The summed E-state index contributed by atoms with van der Waals surface area (Å²) in [7, 11) is 0. The van der Waals surface area contributed by atoms with E-state index in [2.05, 4.69) is 140 Å². The normalized spacial score (nSPS) is 14.9. The van der Waals surface area contributed by atoms with Gasteiger partial charge in [0, 0.05) is 5.41 Å². The predicted octanol–water partition coefficient (Wildman–Crippen LogP) is 11.2. The Hall–Kier alpha value is -3.64. The van der Waals surface area contributed by atoms with E-state index >= 15 is 0 Å². The first-order valence-corrected chi connectivity index (χ1v) is 14.4. The highest BCUT2D eigenvalue weighted by atomic mass is 14.4. The Kier molecular flexibility index (Phi) is 4.83. The first-order chi connectivity index (χ1) is 18.3. The molecule has 0 saturated heterocycles. The van der Waals surface area contributed by atoms with E-state index in [1.54, 1.807) is 0 Å². The van der Waals surface area contributed by atoms with Crippen molar-refractivity contribution in [2.45, 2.75) is 71.6 Å². The Morgan fingerprint density at radius 2 is 1.00 bits per heavy atom. The summed E-state index contributed by atoms with van der Waals surface area (Å²) in [6, 6.07) is 33.0. The lowest BCUT2D eigenvalue weighted by Crippen LogP contribution is -2.17. The lowest BCUT2D eigenvalue weighted by molar-refractivity contribution is 0.584. The van der Waals surface area contributed by atoms with Crippen LogP contribution in [0.1, 0.15) is 77.6 Å². The van der Waals surface area contributed by atoms with Gasteiger partial charge < -0.3 is 0 Å². The van der Waals surface area contributed by atoms with Crippen molar-refractivity contribution in [1.82, 2.24) is 0 Å². The van der Waals surface area contributed by atoms with Crippen molar-refractivity contribution in [2.24, 2.45) is 0 Å². The zero-order valence-electron chi connectivity index (χ0n) is 24.6. The molecule has 0 atom stereocenters. The Morgan fingerprint density at radius 1 is 0.462 bits per heavy atom. The molecule has 0 heteroatoms. The van der Waals surface area contributed by atoms with E-state index in [-0.39, 0.29) is 16.2 Å². The standard InChI is InChI=1S/C39H38/c1-37(2,3)27-14-18-31-30-16-12-24(21-33(30)39(7,8)34(31)22-27)29-15-11-23-9-10-25-19-28(38(4,5)6)20-26-13-17-32(29)36(23)35(25)26/h9-22H,1-8H3. The maximum absolute atomic E-state index is 2.47. The molecule has 0 bridgehead atoms. The molecule has 0 aliphatic heterocycles. The summed E-state index contributed by atoms with van der Waals surface area (Å²) >= 11 is 0. The van der Waals surface area contributed by atoms with Gasteiger partial charge in [-0.3, -0.25) is 0 Å². The number of hydrogen-bond donors (Lipinski definition) is 0. The van der Waals surface area contributed by atoms with Crippen molar-refractivity contribution in [1.29, 1.82) is 0 Å². The van der Waals surface area contributed by atoms with Gasteiger partial charge in [-0.1, -0.05) is 134 Å². The third-order valence-electron chi connectivity index (χ3n) is 9.32. The van der Waals surface area contributed by atoms with Crippen LogP contribution < -0.4 is 0 Å². The Labute approximate surface area is 233 Å². The monoisotopic (exact) mass is 506 g/mol. The van der Waals surface area contributed by atoms with Gasteiger partial charge in [-0.2, -0.15) is 0 Å². The fourth-order valence-electron chi connectivity index (χ4n) is 6.88. The van der Waals surface area contributed by atoms with Crippen molar-refractivity contribution in [3.8, 4) is 22.3 Å². The van der Waals surface area contributed by atoms with Gasteiger partial charge in [0.25, 0.3) is 0 Å². The third kappa shape index (κ3) is 3.50. The van der Waals surface area contributed by atoms with Crippen molar-refractivity contribution in [3.05, 3.63) is 107 Å². The van der Waals surface area contributed by atoms with Crippen molar-refractivity contribution >= 4 is 32.3 Å². The number of hydrogen-bond acceptors (Lipinski definition) is 0. The van der Waals surface area contributed by atoms with E-state index in [1.165, 1.54) is 76.8 Å². The summed E-state index contributed by atoms with van der Waals surface area (Å²) in [5.41, 5.74) is 11.3. The topological polar surface area (TPSA) is 0 Å². The highest BCUT2D eigenvalue weighted by molar-refractivity contribution is 6.25. The summed E-state index contributed by atoms with van der Waals surface area (Å²) in [5, 5.41) is 8.13. The molecule has 1 aliphatic rings. The summed E-state index contributed by atoms with van der Waals surface area (Å²) in [5.74, 6) is 0. The molecular formula is C39H38. The molecule has 6 aromatic carbocycles. The molecule has 0 amide bonds. The van der Waals surface area contributed by atoms with Gasteiger partial charge in [-0.15, -0.1) is 0 Å². The smallest absolute Gasteiger partial charge is 0.0159 e. The van der Waals surface area contributed by atoms with Crippen LogP contribution in [-0.4, -0.2) is 0 Å². The second-order valence-electron chi connectivity index (χ2n) is 14.3. The molecule has 0 N–H and O–H groups in total. The molecule has 0 saturated carbocycles. The highest BCUT2D eigenvalue weighted by Crippen LogP contribution is 2.51. The second kappa shape index (κ2) is 7.72. The van der Waals surface area contributed by atoms with Crippen LogP contribution in [0.15, 0.2) is 84.9 Å². The number of rotatable bonds is 1. The minimum Gasteiger partial charge on any atom is -0.0579 e. The molecule has 39 heavy (non-hydrogen) atoms. The zero-order valence-corrected chi connectivity index (χ0v) is 24.6. The Morgan fingerprint density at radius 3 is 1.67 bits per heavy atom. The summed E-state index contributed by atoms with van der Waals surface area (Å²) in [6.45, 7) is 18.6. The van der Waals surface area contributed by atoms with Gasteiger partial charge >= 0.3 is 0 Å². The van der Waals surface area contributed by atoms with Crippen molar-refractivity contribution in [2.75, 3.05) is 0 Å². The van der Waals surface area contributed by atoms with E-state index < -0.39 is 0 Å².